The van der Waals surface area contributed by atoms with Crippen molar-refractivity contribution in [2.75, 3.05) is 7.11 Å². The summed E-state index contributed by atoms with van der Waals surface area (Å²) in [6.45, 7) is 0.0184. The number of amides is 2. The lowest BCUT2D eigenvalue weighted by atomic mass is 10.1. The number of esters is 1. The normalized spacial score (nSPS) is 14.5. The quantitative estimate of drug-likeness (QED) is 0.186. The van der Waals surface area contributed by atoms with Crippen molar-refractivity contribution in [2.45, 2.75) is 6.54 Å². The van der Waals surface area contributed by atoms with Crippen molar-refractivity contribution in [3.05, 3.63) is 97.3 Å². The van der Waals surface area contributed by atoms with Gasteiger partial charge in [0.15, 0.2) is 11.5 Å². The molecule has 0 atom stereocenters. The van der Waals surface area contributed by atoms with E-state index < -0.39 is 17.1 Å². The van der Waals surface area contributed by atoms with Gasteiger partial charge in [-0.1, -0.05) is 46.9 Å². The molecule has 178 valence electrons. The molecule has 1 heterocycles. The number of ether oxygens (including phenoxy) is 2. The van der Waals surface area contributed by atoms with E-state index in [1.165, 1.54) is 7.11 Å². The average molecular weight is 549 g/mol. The minimum absolute atomic E-state index is 0.0184. The second kappa shape index (κ2) is 10.7. The van der Waals surface area contributed by atoms with E-state index in [4.69, 9.17) is 44.3 Å². The van der Waals surface area contributed by atoms with Gasteiger partial charge in [-0.2, -0.15) is 0 Å². The topological polar surface area (TPSA) is 72.9 Å². The Bertz CT molecular complexity index is 1360. The van der Waals surface area contributed by atoms with E-state index >= 15 is 0 Å². The highest BCUT2D eigenvalue weighted by Gasteiger charge is 2.35. The van der Waals surface area contributed by atoms with Crippen LogP contribution >= 0.6 is 46.6 Å². The van der Waals surface area contributed by atoms with Crippen molar-refractivity contribution >= 4 is 69.8 Å². The molecule has 6 nitrogen and oxygen atoms in total. The van der Waals surface area contributed by atoms with Gasteiger partial charge in [-0.25, -0.2) is 4.79 Å². The number of thioether (sulfide) groups is 1. The Kier molecular flexibility index (Phi) is 7.72. The zero-order chi connectivity index (χ0) is 25.1. The van der Waals surface area contributed by atoms with Crippen molar-refractivity contribution in [1.82, 2.24) is 4.90 Å². The van der Waals surface area contributed by atoms with Gasteiger partial charge in [0.25, 0.3) is 11.1 Å². The maximum atomic E-state index is 12.9. The monoisotopic (exact) mass is 547 g/mol. The van der Waals surface area contributed by atoms with Crippen molar-refractivity contribution < 1.29 is 23.9 Å². The highest BCUT2D eigenvalue weighted by atomic mass is 35.5. The van der Waals surface area contributed by atoms with E-state index in [0.717, 1.165) is 16.7 Å². The Morgan fingerprint density at radius 3 is 2.34 bits per heavy atom. The fourth-order valence-electron chi connectivity index (χ4n) is 3.22. The lowest BCUT2D eigenvalue weighted by Gasteiger charge is -2.13. The van der Waals surface area contributed by atoms with E-state index in [2.05, 4.69) is 0 Å². The van der Waals surface area contributed by atoms with Crippen molar-refractivity contribution in [3.8, 4) is 11.5 Å². The number of hydrogen-bond acceptors (Lipinski definition) is 6. The number of halogens is 3. The third-order valence-electron chi connectivity index (χ3n) is 4.99. The summed E-state index contributed by atoms with van der Waals surface area (Å²) in [5, 5.41) is 0.895. The molecule has 0 aromatic heterocycles. The van der Waals surface area contributed by atoms with Gasteiger partial charge in [0.1, 0.15) is 0 Å². The molecular formula is C25H16Cl3NO5S. The number of rotatable bonds is 6. The summed E-state index contributed by atoms with van der Waals surface area (Å²) in [5.41, 5.74) is 1.45. The summed E-state index contributed by atoms with van der Waals surface area (Å²) >= 11 is 18.8. The Labute approximate surface area is 220 Å². The standard InChI is InChI=1S/C25H16Cl3NO5S/c1-33-20-9-2-14(10-21(20)34-24(31)15-3-6-17(26)7-4-15)11-22-23(30)29(25(32)35-22)13-16-5-8-18(27)12-19(16)28/h2-12H,13H2,1H3/b22-11-. The molecule has 4 rings (SSSR count). The van der Waals surface area contributed by atoms with Crippen molar-refractivity contribution in [2.24, 2.45) is 0 Å². The largest absolute Gasteiger partial charge is 0.493 e. The fourth-order valence-corrected chi connectivity index (χ4v) is 4.65. The molecule has 35 heavy (non-hydrogen) atoms. The SMILES string of the molecule is COc1ccc(/C=C2\SC(=O)N(Cc3ccc(Cl)cc3Cl)C2=O)cc1OC(=O)c1ccc(Cl)cc1. The van der Waals surface area contributed by atoms with Gasteiger partial charge >= 0.3 is 5.97 Å². The molecule has 0 N–H and O–H groups in total. The highest BCUT2D eigenvalue weighted by Crippen LogP contribution is 2.36. The van der Waals surface area contributed by atoms with E-state index in [1.54, 1.807) is 66.7 Å². The Morgan fingerprint density at radius 1 is 0.943 bits per heavy atom. The van der Waals surface area contributed by atoms with Gasteiger partial charge < -0.3 is 9.47 Å². The molecule has 0 radical (unpaired) electrons. The second-order valence-electron chi connectivity index (χ2n) is 7.31. The van der Waals surface area contributed by atoms with Crippen LogP contribution in [0.1, 0.15) is 21.5 Å². The van der Waals surface area contributed by atoms with Crippen molar-refractivity contribution in [3.63, 3.8) is 0 Å². The molecule has 0 saturated carbocycles. The van der Waals surface area contributed by atoms with Crippen LogP contribution in [0.25, 0.3) is 6.08 Å². The van der Waals surface area contributed by atoms with Gasteiger partial charge in [-0.15, -0.1) is 0 Å². The maximum absolute atomic E-state index is 12.9. The predicted octanol–water partition coefficient (Wildman–Crippen LogP) is 7.11. The molecule has 0 spiro atoms. The third kappa shape index (κ3) is 5.82. The zero-order valence-electron chi connectivity index (χ0n) is 18.1. The number of methoxy groups -OCH3 is 1. The molecular weight excluding hydrogens is 533 g/mol. The van der Waals surface area contributed by atoms with Crippen LogP contribution in [0, 0.1) is 0 Å². The maximum Gasteiger partial charge on any atom is 0.343 e. The van der Waals surface area contributed by atoms with Crippen LogP contribution in [0.3, 0.4) is 0 Å². The summed E-state index contributed by atoms with van der Waals surface area (Å²) in [7, 11) is 1.45. The average Bonchev–Trinajstić information content (AvgIpc) is 3.08. The molecule has 10 heteroatoms. The predicted molar refractivity (Wildman–Crippen MR) is 137 cm³/mol. The van der Waals surface area contributed by atoms with E-state index in [0.29, 0.717) is 37.5 Å². The Balaban J connectivity index is 1.56. The van der Waals surface area contributed by atoms with Gasteiger partial charge in [0, 0.05) is 15.1 Å². The molecule has 2 amide bonds. The summed E-state index contributed by atoms with van der Waals surface area (Å²) < 4.78 is 10.8. The summed E-state index contributed by atoms with van der Waals surface area (Å²) in [6.07, 6.45) is 1.55. The zero-order valence-corrected chi connectivity index (χ0v) is 21.2. The van der Waals surface area contributed by atoms with Crippen LogP contribution in [0.5, 0.6) is 11.5 Å². The number of hydrogen-bond donors (Lipinski definition) is 0. The summed E-state index contributed by atoms with van der Waals surface area (Å²) in [6, 6.07) is 16.0. The van der Waals surface area contributed by atoms with E-state index in [-0.39, 0.29) is 17.2 Å². The molecule has 3 aromatic carbocycles. The minimum atomic E-state index is -0.600. The van der Waals surface area contributed by atoms with Crippen LogP contribution in [-0.4, -0.2) is 29.1 Å². The lowest BCUT2D eigenvalue weighted by Crippen LogP contribution is -2.27. The molecule has 0 bridgehead atoms. The molecule has 1 saturated heterocycles. The Hall–Kier alpha value is -2.97. The first-order valence-corrected chi connectivity index (χ1v) is 12.1. The second-order valence-corrected chi connectivity index (χ2v) is 9.58. The smallest absolute Gasteiger partial charge is 0.343 e. The third-order valence-corrected chi connectivity index (χ3v) is 6.73. The molecule has 1 aliphatic rings. The first kappa shape index (κ1) is 25.1. The first-order valence-electron chi connectivity index (χ1n) is 10.1. The first-order chi connectivity index (χ1) is 16.7. The number of carbonyl (C=O) groups is 3. The van der Waals surface area contributed by atoms with Gasteiger partial charge in [-0.05, 0) is 77.5 Å². The number of benzene rings is 3. The number of carbonyl (C=O) groups excluding carboxylic acids is 3. The van der Waals surface area contributed by atoms with Crippen molar-refractivity contribution in [1.29, 1.82) is 0 Å². The van der Waals surface area contributed by atoms with E-state index in [9.17, 15) is 14.4 Å². The van der Waals surface area contributed by atoms with E-state index in [1.807, 2.05) is 0 Å². The number of nitrogens with zero attached hydrogens (tertiary/aromatic N) is 1. The minimum Gasteiger partial charge on any atom is -0.493 e. The van der Waals surface area contributed by atoms with Gasteiger partial charge in [0.05, 0.1) is 24.1 Å². The highest BCUT2D eigenvalue weighted by molar-refractivity contribution is 8.18. The number of imide groups is 1. The fraction of sp³-hybridized carbons (Fsp3) is 0.0800. The summed E-state index contributed by atoms with van der Waals surface area (Å²) in [5.74, 6) is -0.567. The van der Waals surface area contributed by atoms with Crippen LogP contribution in [-0.2, 0) is 11.3 Å². The van der Waals surface area contributed by atoms with Gasteiger partial charge in [0.2, 0.25) is 0 Å². The summed E-state index contributed by atoms with van der Waals surface area (Å²) in [4.78, 5) is 39.3. The molecule has 3 aromatic rings. The molecule has 0 aliphatic carbocycles. The molecule has 0 unspecified atom stereocenters. The lowest BCUT2D eigenvalue weighted by molar-refractivity contribution is -0.123. The van der Waals surface area contributed by atoms with Crippen LogP contribution in [0.15, 0.2) is 65.6 Å². The Morgan fingerprint density at radius 2 is 1.66 bits per heavy atom. The van der Waals surface area contributed by atoms with Crippen LogP contribution < -0.4 is 9.47 Å². The molecule has 1 fully saturated rings. The molecule has 1 aliphatic heterocycles. The van der Waals surface area contributed by atoms with Crippen LogP contribution in [0.4, 0.5) is 4.79 Å². The van der Waals surface area contributed by atoms with Crippen LogP contribution in [0.2, 0.25) is 15.1 Å². The van der Waals surface area contributed by atoms with Gasteiger partial charge in [-0.3, -0.25) is 14.5 Å².